The van der Waals surface area contributed by atoms with Crippen LogP contribution in [0.25, 0.3) is 5.69 Å². The first-order chi connectivity index (χ1) is 12.4. The van der Waals surface area contributed by atoms with Crippen molar-refractivity contribution in [3.05, 3.63) is 56.3 Å². The molecule has 0 amide bonds. The fourth-order valence-corrected chi connectivity index (χ4v) is 5.21. The minimum Gasteiger partial charge on any atom is -0.349 e. The summed E-state index contributed by atoms with van der Waals surface area (Å²) in [5.74, 6) is 0.457. The summed E-state index contributed by atoms with van der Waals surface area (Å²) in [7, 11) is 0. The molecule has 0 saturated carbocycles. The number of ketones is 1. The molecule has 26 heavy (non-hydrogen) atoms. The van der Waals surface area contributed by atoms with Crippen molar-refractivity contribution in [2.24, 2.45) is 0 Å². The van der Waals surface area contributed by atoms with Crippen LogP contribution in [-0.4, -0.2) is 25.9 Å². The third-order valence-electron chi connectivity index (χ3n) is 4.12. The molecule has 4 nitrogen and oxygen atoms in total. The number of nitrogens with zero attached hydrogens (tertiary/aromatic N) is 3. The Labute approximate surface area is 170 Å². The number of aryl methyl sites for hydroxylation is 1. The van der Waals surface area contributed by atoms with Gasteiger partial charge in [-0.05, 0) is 63.3 Å². The molecule has 0 bridgehead atoms. The Morgan fingerprint density at radius 2 is 2.00 bits per heavy atom. The summed E-state index contributed by atoms with van der Waals surface area (Å²) in [6.07, 6.45) is 0. The quantitative estimate of drug-likeness (QED) is 0.288. The highest BCUT2D eigenvalue weighted by Crippen LogP contribution is 2.26. The number of thioether (sulfide) groups is 1. The first-order valence-corrected chi connectivity index (χ1v) is 10.7. The van der Waals surface area contributed by atoms with E-state index in [4.69, 9.17) is 23.8 Å². The Morgan fingerprint density at radius 1 is 1.31 bits per heavy atom. The second kappa shape index (κ2) is 8.08. The molecular weight excluding hydrogens is 406 g/mol. The van der Waals surface area contributed by atoms with Gasteiger partial charge in [-0.1, -0.05) is 34.7 Å². The summed E-state index contributed by atoms with van der Waals surface area (Å²) in [4.78, 5) is 12.6. The molecule has 2 heterocycles. The van der Waals surface area contributed by atoms with Gasteiger partial charge in [0.05, 0.1) is 11.4 Å². The molecule has 2 aromatic heterocycles. The number of aromatic nitrogens is 3. The van der Waals surface area contributed by atoms with Crippen LogP contribution >= 0.6 is 46.9 Å². The fraction of sp³-hybridized carbons (Fsp3) is 0.278. The van der Waals surface area contributed by atoms with E-state index in [0.717, 1.165) is 33.5 Å². The van der Waals surface area contributed by atoms with Crippen molar-refractivity contribution in [3.63, 3.8) is 0 Å². The first kappa shape index (κ1) is 19.4. The van der Waals surface area contributed by atoms with Crippen LogP contribution < -0.4 is 0 Å². The van der Waals surface area contributed by atoms with Gasteiger partial charge in [0, 0.05) is 28.5 Å². The van der Waals surface area contributed by atoms with E-state index in [1.807, 2.05) is 32.0 Å². The minimum atomic E-state index is 0.113. The second-order valence-electron chi connectivity index (χ2n) is 5.76. The van der Waals surface area contributed by atoms with E-state index in [1.54, 1.807) is 16.8 Å². The van der Waals surface area contributed by atoms with Crippen LogP contribution in [0, 0.1) is 17.8 Å². The zero-order valence-electron chi connectivity index (χ0n) is 14.7. The molecule has 0 unspecified atom stereocenters. The molecule has 8 heteroatoms. The molecule has 1 aromatic carbocycles. The smallest absolute Gasteiger partial charge is 0.184 e. The molecule has 0 saturated heterocycles. The molecule has 0 aliphatic carbocycles. The molecule has 3 aromatic rings. The molecule has 0 aliphatic heterocycles. The van der Waals surface area contributed by atoms with Crippen LogP contribution in [0.2, 0.25) is 5.02 Å². The van der Waals surface area contributed by atoms with Crippen molar-refractivity contribution in [1.82, 2.24) is 14.3 Å². The molecule has 3 rings (SSSR count). The van der Waals surface area contributed by atoms with Crippen LogP contribution in [0.1, 0.15) is 28.7 Å². The Bertz CT molecular complexity index is 1000. The second-order valence-corrected chi connectivity index (χ2v) is 9.04. The number of Topliss-reactive ketones (excluding diaryl/α,β-unsaturated/α-hetero) is 1. The van der Waals surface area contributed by atoms with Crippen LogP contribution in [0.3, 0.4) is 0 Å². The van der Waals surface area contributed by atoms with Crippen LogP contribution in [-0.2, 0) is 6.54 Å². The maximum absolute atomic E-state index is 12.6. The maximum Gasteiger partial charge on any atom is 0.184 e. The molecular formula is C18H18ClN3OS3. The highest BCUT2D eigenvalue weighted by atomic mass is 35.5. The number of carbonyl (C=O) groups is 1. The summed E-state index contributed by atoms with van der Waals surface area (Å²) >= 11 is 14.2. The number of carbonyl (C=O) groups excluding carboxylic acids is 1. The lowest BCUT2D eigenvalue weighted by atomic mass is 10.2. The van der Waals surface area contributed by atoms with E-state index in [2.05, 4.69) is 16.6 Å². The van der Waals surface area contributed by atoms with Gasteiger partial charge in [-0.15, -0.1) is 5.10 Å². The van der Waals surface area contributed by atoms with Crippen molar-refractivity contribution < 1.29 is 4.79 Å². The molecule has 0 N–H and O–H groups in total. The van der Waals surface area contributed by atoms with E-state index in [9.17, 15) is 4.79 Å². The Balaban J connectivity index is 1.74. The van der Waals surface area contributed by atoms with E-state index >= 15 is 0 Å². The molecule has 0 spiro atoms. The first-order valence-electron chi connectivity index (χ1n) is 8.09. The van der Waals surface area contributed by atoms with Gasteiger partial charge in [-0.25, -0.2) is 4.68 Å². The van der Waals surface area contributed by atoms with Crippen LogP contribution in [0.5, 0.6) is 0 Å². The summed E-state index contributed by atoms with van der Waals surface area (Å²) in [6.45, 7) is 6.97. The summed E-state index contributed by atoms with van der Waals surface area (Å²) in [5.41, 5.74) is 3.79. The lowest BCUT2D eigenvalue weighted by molar-refractivity contribution is 0.102. The van der Waals surface area contributed by atoms with Gasteiger partial charge < -0.3 is 4.57 Å². The summed E-state index contributed by atoms with van der Waals surface area (Å²) < 4.78 is 5.28. The Hall–Kier alpha value is -1.41. The van der Waals surface area contributed by atoms with E-state index in [-0.39, 0.29) is 5.78 Å². The van der Waals surface area contributed by atoms with Gasteiger partial charge in [-0.2, -0.15) is 0 Å². The van der Waals surface area contributed by atoms with Crippen LogP contribution in [0.15, 0.2) is 34.7 Å². The Kier molecular flexibility index (Phi) is 6.02. The lowest BCUT2D eigenvalue weighted by Gasteiger charge is -2.05. The van der Waals surface area contributed by atoms with E-state index in [1.165, 1.54) is 23.1 Å². The largest absolute Gasteiger partial charge is 0.349 e. The minimum absolute atomic E-state index is 0.113. The summed E-state index contributed by atoms with van der Waals surface area (Å²) in [6, 6.07) is 9.32. The van der Waals surface area contributed by atoms with E-state index in [0.29, 0.717) is 14.7 Å². The number of benzene rings is 1. The summed E-state index contributed by atoms with van der Waals surface area (Å²) in [5, 5.41) is 5.20. The monoisotopic (exact) mass is 423 g/mol. The maximum atomic E-state index is 12.6. The predicted molar refractivity (Wildman–Crippen MR) is 112 cm³/mol. The molecule has 136 valence electrons. The number of hydrogen-bond donors (Lipinski definition) is 0. The third-order valence-corrected chi connectivity index (χ3v) is 6.73. The molecule has 0 aliphatic rings. The standard InChI is InChI=1S/C18H18ClN3OS3/c1-4-21-11(2)9-15(12(21)3)16(23)10-25-17-20-22(18(24)26-17)14-7-5-13(19)6-8-14/h5-9H,4,10H2,1-3H3. The van der Waals surface area contributed by atoms with Crippen molar-refractivity contribution in [1.29, 1.82) is 0 Å². The number of halogens is 1. The zero-order valence-corrected chi connectivity index (χ0v) is 17.9. The van der Waals surface area contributed by atoms with Gasteiger partial charge in [-0.3, -0.25) is 4.79 Å². The topological polar surface area (TPSA) is 39.8 Å². The fourth-order valence-electron chi connectivity index (χ4n) is 2.84. The third kappa shape index (κ3) is 3.96. The van der Waals surface area contributed by atoms with Gasteiger partial charge >= 0.3 is 0 Å². The highest BCUT2D eigenvalue weighted by Gasteiger charge is 2.16. The SMILES string of the molecule is CCn1c(C)cc(C(=O)CSc2nn(-c3ccc(Cl)cc3)c(=S)s2)c1C. The molecule has 0 atom stereocenters. The van der Waals surface area contributed by atoms with Gasteiger partial charge in [0.1, 0.15) is 0 Å². The van der Waals surface area contributed by atoms with Crippen molar-refractivity contribution >= 4 is 52.7 Å². The highest BCUT2D eigenvalue weighted by molar-refractivity contribution is 8.01. The van der Waals surface area contributed by atoms with Crippen molar-refractivity contribution in [3.8, 4) is 5.69 Å². The average molecular weight is 424 g/mol. The van der Waals surface area contributed by atoms with Crippen molar-refractivity contribution in [2.75, 3.05) is 5.75 Å². The number of hydrogen-bond acceptors (Lipinski definition) is 5. The number of rotatable bonds is 6. The lowest BCUT2D eigenvalue weighted by Crippen LogP contribution is -2.06. The Morgan fingerprint density at radius 3 is 2.62 bits per heavy atom. The molecule has 0 radical (unpaired) electrons. The van der Waals surface area contributed by atoms with Crippen molar-refractivity contribution in [2.45, 2.75) is 31.7 Å². The normalized spacial score (nSPS) is 11.1. The van der Waals surface area contributed by atoms with Crippen LogP contribution in [0.4, 0.5) is 0 Å². The average Bonchev–Trinajstić information content (AvgIpc) is 3.12. The van der Waals surface area contributed by atoms with E-state index < -0.39 is 0 Å². The molecule has 0 fully saturated rings. The predicted octanol–water partition coefficient (Wildman–Crippen LogP) is 5.73. The van der Waals surface area contributed by atoms with Gasteiger partial charge in [0.15, 0.2) is 14.1 Å². The zero-order chi connectivity index (χ0) is 18.8. The van der Waals surface area contributed by atoms with Gasteiger partial charge in [0.25, 0.3) is 0 Å². The van der Waals surface area contributed by atoms with Gasteiger partial charge in [0.2, 0.25) is 0 Å².